The molecule has 45 heavy (non-hydrogen) atoms. The Labute approximate surface area is 255 Å². The summed E-state index contributed by atoms with van der Waals surface area (Å²) in [6, 6.07) is 30.5. The van der Waals surface area contributed by atoms with Crippen molar-refractivity contribution in [3.05, 3.63) is 109 Å². The fraction of sp³-hybridized carbons (Fsp3) is 0.133. The van der Waals surface area contributed by atoms with Crippen LogP contribution in [0.5, 0.6) is 5.75 Å². The van der Waals surface area contributed by atoms with Gasteiger partial charge in [-0.15, -0.1) is 0 Å². The van der Waals surface area contributed by atoms with E-state index < -0.39 is 52.1 Å². The summed E-state index contributed by atoms with van der Waals surface area (Å²) in [4.78, 5) is 0. The van der Waals surface area contributed by atoms with Crippen LogP contribution in [0.1, 0.15) is 0 Å². The van der Waals surface area contributed by atoms with Crippen LogP contribution in [-0.4, -0.2) is 44.7 Å². The first kappa shape index (κ1) is 32.9. The quantitative estimate of drug-likeness (QED) is 0.0545. The minimum absolute atomic E-state index is 0.171. The molecule has 0 saturated heterocycles. The summed E-state index contributed by atoms with van der Waals surface area (Å²) in [6.07, 6.45) is -7.20. The zero-order valence-electron chi connectivity index (χ0n) is 22.3. The molecule has 0 fully saturated rings. The molecule has 0 aliphatic heterocycles. The van der Waals surface area contributed by atoms with E-state index in [4.69, 9.17) is 0 Å². The molecule has 0 unspecified atom stereocenters. The van der Waals surface area contributed by atoms with Crippen LogP contribution >= 0.6 is 6.83 Å². The summed E-state index contributed by atoms with van der Waals surface area (Å²) in [7, 11) is -7.14. The van der Waals surface area contributed by atoms with Crippen molar-refractivity contribution in [2.45, 2.75) is 23.3 Å². The van der Waals surface area contributed by atoms with Crippen LogP contribution < -0.4 is 18.4 Å². The van der Waals surface area contributed by atoms with Crippen LogP contribution in [0.2, 0.25) is 0 Å². The number of fused-ring (bicyclic) bond motifs is 2. The van der Waals surface area contributed by atoms with Gasteiger partial charge in [0.05, 0.1) is 0 Å². The van der Waals surface area contributed by atoms with Gasteiger partial charge in [-0.1, -0.05) is 0 Å². The zero-order chi connectivity index (χ0) is 32.8. The number of rotatable bonds is 8. The molecule has 0 aliphatic carbocycles. The second-order valence-corrected chi connectivity index (χ2v) is 17.9. The Balaban J connectivity index is 1.73. The zero-order valence-corrected chi connectivity index (χ0v) is 25.7. The molecule has 0 spiro atoms. The van der Waals surface area contributed by atoms with Gasteiger partial charge in [-0.05, 0) is 0 Å². The van der Waals surface area contributed by atoms with E-state index in [0.717, 1.165) is 21.8 Å². The van der Waals surface area contributed by atoms with Gasteiger partial charge in [-0.3, -0.25) is 0 Å². The van der Waals surface area contributed by atoms with Gasteiger partial charge >= 0.3 is 256 Å². The molecule has 0 heterocycles. The first-order chi connectivity index (χ1) is 21.0. The van der Waals surface area contributed by atoms with E-state index in [0.29, 0.717) is 16.1 Å². The topological polar surface area (TPSA) is 43.4 Å². The van der Waals surface area contributed by atoms with Gasteiger partial charge in [0.2, 0.25) is 0 Å². The molecule has 5 aromatic carbocycles. The van der Waals surface area contributed by atoms with Crippen LogP contribution in [0.25, 0.3) is 21.5 Å². The number of benzene rings is 5. The van der Waals surface area contributed by atoms with Gasteiger partial charge in [0.1, 0.15) is 0 Å². The molecule has 0 amide bonds. The van der Waals surface area contributed by atoms with Gasteiger partial charge in [0.25, 0.3) is 0 Å². The maximum absolute atomic E-state index is 14.5. The molecule has 5 aromatic rings. The molecule has 0 N–H and O–H groups in total. The molecule has 0 saturated carbocycles. The standard InChI is InChI=1S/C30H18F9O3PSSe/c31-27(32,29(35,36)37)28(33,34)30(38,39)44(40,41)42-25-17-9-16-23-24(25)18-19-10-7-8-15-22(19)26(23)43-45(20-11-3-1-4-12-20)21-13-5-2-6-14-21/h1-18H. The second-order valence-electron chi connectivity index (χ2n) is 9.50. The summed E-state index contributed by atoms with van der Waals surface area (Å²) in [5.41, 5.74) is 0. The van der Waals surface area contributed by atoms with Crippen LogP contribution in [0.15, 0.2) is 109 Å². The molecule has 0 bridgehead atoms. The first-order valence-corrected chi connectivity index (χ1v) is 18.9. The van der Waals surface area contributed by atoms with Crippen molar-refractivity contribution in [2.75, 3.05) is 0 Å². The number of hydrogen-bond donors (Lipinski definition) is 0. The Morgan fingerprint density at radius 2 is 1.09 bits per heavy atom. The normalized spacial score (nSPS) is 13.6. The van der Waals surface area contributed by atoms with E-state index >= 15 is 0 Å². The Morgan fingerprint density at radius 3 is 1.64 bits per heavy atom. The molecule has 5 rings (SSSR count). The fourth-order valence-electron chi connectivity index (χ4n) is 4.33. The number of alkyl halides is 9. The maximum atomic E-state index is 14.5. The third kappa shape index (κ3) is 5.73. The third-order valence-electron chi connectivity index (χ3n) is 6.58. The van der Waals surface area contributed by atoms with Crippen LogP contribution in [0.3, 0.4) is 0 Å². The van der Waals surface area contributed by atoms with Crippen molar-refractivity contribution >= 4 is 65.7 Å². The molecule has 0 atom stereocenters. The van der Waals surface area contributed by atoms with Crippen molar-refractivity contribution < 1.29 is 52.1 Å². The molecule has 0 radical (unpaired) electrons. The molecule has 3 nitrogen and oxygen atoms in total. The summed E-state index contributed by atoms with van der Waals surface area (Å²) < 4.78 is 153. The van der Waals surface area contributed by atoms with Gasteiger partial charge in [0, 0.05) is 0 Å². The third-order valence-corrected chi connectivity index (χ3v) is 16.2. The summed E-state index contributed by atoms with van der Waals surface area (Å²) in [5, 5.41) is -5.14. The molecule has 15 heteroatoms. The van der Waals surface area contributed by atoms with Gasteiger partial charge in [0.15, 0.2) is 0 Å². The van der Waals surface area contributed by atoms with Gasteiger partial charge in [-0.2, -0.15) is 0 Å². The van der Waals surface area contributed by atoms with E-state index in [2.05, 4.69) is 4.18 Å². The molecular formula is C30H18F9O3PSSe. The first-order valence-electron chi connectivity index (χ1n) is 12.6. The van der Waals surface area contributed by atoms with Crippen molar-refractivity contribution in [1.29, 1.82) is 0 Å². The van der Waals surface area contributed by atoms with Crippen molar-refractivity contribution in [1.82, 2.24) is 0 Å². The van der Waals surface area contributed by atoms with E-state index in [1.165, 1.54) is 18.2 Å². The van der Waals surface area contributed by atoms with Crippen LogP contribution in [0.4, 0.5) is 39.5 Å². The molecular weight excluding hydrogens is 721 g/mol. The number of halogens is 9. The predicted molar refractivity (Wildman–Crippen MR) is 156 cm³/mol. The van der Waals surface area contributed by atoms with Crippen LogP contribution in [0, 0.1) is 0 Å². The summed E-state index contributed by atoms with van der Waals surface area (Å²) >= 11 is -1.95. The molecule has 0 aromatic heterocycles. The Morgan fingerprint density at radius 1 is 0.578 bits per heavy atom. The SMILES string of the molecule is O=S(=O)(Oc1cccc2c(P=[Se](c3ccccc3)c3ccccc3)c3ccccc3cc12)C(F)(F)C(F)(F)C(F)(F)C(F)(F)F. The van der Waals surface area contributed by atoms with Crippen molar-refractivity contribution in [2.24, 2.45) is 0 Å². The van der Waals surface area contributed by atoms with Gasteiger partial charge in [-0.25, -0.2) is 0 Å². The van der Waals surface area contributed by atoms with E-state index in [1.807, 2.05) is 60.7 Å². The summed E-state index contributed by atoms with van der Waals surface area (Å²) in [6.45, 7) is 0.730. The average molecular weight is 739 g/mol. The average Bonchev–Trinajstić information content (AvgIpc) is 2.99. The Kier molecular flexibility index (Phi) is 8.59. The van der Waals surface area contributed by atoms with E-state index in [-0.39, 0.29) is 10.8 Å². The predicted octanol–water partition coefficient (Wildman–Crippen LogP) is 7.50. The monoisotopic (exact) mass is 740 g/mol. The van der Waals surface area contributed by atoms with Crippen molar-refractivity contribution in [3.8, 4) is 5.75 Å². The Bertz CT molecular complexity index is 1980. The van der Waals surface area contributed by atoms with Crippen LogP contribution in [-0.2, 0) is 10.1 Å². The fourth-order valence-corrected chi connectivity index (χ4v) is 13.5. The van der Waals surface area contributed by atoms with Gasteiger partial charge < -0.3 is 0 Å². The summed E-state index contributed by atoms with van der Waals surface area (Å²) in [5.74, 6) is -15.8. The van der Waals surface area contributed by atoms with E-state index in [1.54, 1.807) is 24.3 Å². The van der Waals surface area contributed by atoms with E-state index in [9.17, 15) is 47.9 Å². The van der Waals surface area contributed by atoms with Crippen molar-refractivity contribution in [3.63, 3.8) is 0 Å². The second kappa shape index (κ2) is 11.7. The minimum atomic E-state index is -7.41. The Hall–Kier alpha value is -3.44. The molecule has 0 aliphatic rings. The molecule has 236 valence electrons. The number of hydrogen-bond acceptors (Lipinski definition) is 3.